The monoisotopic (exact) mass is 329 g/mol. The summed E-state index contributed by atoms with van der Waals surface area (Å²) >= 11 is 4.85. The van der Waals surface area contributed by atoms with Crippen LogP contribution in [0.25, 0.3) is 0 Å². The van der Waals surface area contributed by atoms with Crippen molar-refractivity contribution < 1.29 is 9.50 Å². The van der Waals surface area contributed by atoms with Crippen LogP contribution in [-0.2, 0) is 6.54 Å². The van der Waals surface area contributed by atoms with Gasteiger partial charge in [0, 0.05) is 21.5 Å². The predicted octanol–water partition coefficient (Wildman–Crippen LogP) is 3.47. The van der Waals surface area contributed by atoms with E-state index in [-0.39, 0.29) is 18.5 Å². The molecular formula is C13H13BrFNOS. The van der Waals surface area contributed by atoms with E-state index in [1.165, 1.54) is 6.07 Å². The van der Waals surface area contributed by atoms with Crippen LogP contribution in [0, 0.1) is 5.82 Å². The van der Waals surface area contributed by atoms with Crippen molar-refractivity contribution in [3.8, 4) is 0 Å². The molecule has 0 bridgehead atoms. The quantitative estimate of drug-likeness (QED) is 0.880. The molecule has 0 aliphatic heterocycles. The van der Waals surface area contributed by atoms with Crippen LogP contribution in [0.1, 0.15) is 16.5 Å². The molecule has 0 radical (unpaired) electrons. The molecule has 2 rings (SSSR count). The molecule has 0 aliphatic rings. The first-order chi connectivity index (χ1) is 8.70. The topological polar surface area (TPSA) is 32.3 Å². The lowest BCUT2D eigenvalue weighted by Gasteiger charge is -2.17. The van der Waals surface area contributed by atoms with E-state index in [1.807, 2.05) is 17.5 Å². The van der Waals surface area contributed by atoms with Crippen LogP contribution in [0.4, 0.5) is 4.39 Å². The lowest BCUT2D eigenvalue weighted by atomic mass is 10.1. The number of aliphatic hydroxyl groups excluding tert-OH is 1. The molecule has 0 spiro atoms. The van der Waals surface area contributed by atoms with E-state index in [1.54, 1.807) is 23.5 Å². The smallest absolute Gasteiger partial charge is 0.129 e. The van der Waals surface area contributed by atoms with Gasteiger partial charge >= 0.3 is 0 Å². The summed E-state index contributed by atoms with van der Waals surface area (Å²) in [5.74, 6) is -0.317. The number of thiophene rings is 1. The third kappa shape index (κ3) is 3.38. The largest absolute Gasteiger partial charge is 0.394 e. The minimum absolute atomic E-state index is 0.135. The van der Waals surface area contributed by atoms with Gasteiger partial charge in [-0.1, -0.05) is 28.1 Å². The van der Waals surface area contributed by atoms with E-state index >= 15 is 0 Å². The fourth-order valence-corrected chi connectivity index (χ4v) is 2.68. The molecule has 0 saturated heterocycles. The van der Waals surface area contributed by atoms with E-state index in [0.29, 0.717) is 16.6 Å². The summed E-state index contributed by atoms with van der Waals surface area (Å²) in [6.45, 7) is 0.488. The van der Waals surface area contributed by atoms with Crippen LogP contribution < -0.4 is 5.32 Å². The number of rotatable bonds is 5. The second-order valence-electron chi connectivity index (χ2n) is 3.86. The Morgan fingerprint density at radius 3 is 2.83 bits per heavy atom. The molecule has 2 nitrogen and oxygen atoms in total. The lowest BCUT2D eigenvalue weighted by molar-refractivity contribution is 0.241. The summed E-state index contributed by atoms with van der Waals surface area (Å²) in [7, 11) is 0. The third-order valence-corrected chi connectivity index (χ3v) is 3.99. The fraction of sp³-hybridized carbons (Fsp3) is 0.231. The van der Waals surface area contributed by atoms with Crippen molar-refractivity contribution in [2.45, 2.75) is 12.6 Å². The van der Waals surface area contributed by atoms with Gasteiger partial charge in [0.1, 0.15) is 5.82 Å². The molecular weight excluding hydrogens is 317 g/mol. The molecule has 1 atom stereocenters. The lowest BCUT2D eigenvalue weighted by Crippen LogP contribution is -2.24. The number of nitrogens with one attached hydrogen (secondary N) is 1. The van der Waals surface area contributed by atoms with Gasteiger partial charge in [-0.05, 0) is 23.6 Å². The molecule has 2 aromatic rings. The Kier molecular flexibility index (Phi) is 4.88. The average molecular weight is 330 g/mol. The first kappa shape index (κ1) is 13.7. The second-order valence-corrected chi connectivity index (χ2v) is 5.81. The molecule has 0 amide bonds. The Balaban J connectivity index is 2.08. The Labute approximate surface area is 118 Å². The van der Waals surface area contributed by atoms with Crippen molar-refractivity contribution in [2.75, 3.05) is 6.61 Å². The van der Waals surface area contributed by atoms with Crippen molar-refractivity contribution >= 4 is 27.3 Å². The third-order valence-electron chi connectivity index (χ3n) is 2.62. The van der Waals surface area contributed by atoms with Gasteiger partial charge in [0.05, 0.1) is 12.6 Å². The van der Waals surface area contributed by atoms with Gasteiger partial charge in [0.25, 0.3) is 0 Å². The summed E-state index contributed by atoms with van der Waals surface area (Å²) in [6, 6.07) is 8.44. The molecule has 1 unspecified atom stereocenters. The molecule has 18 heavy (non-hydrogen) atoms. The van der Waals surface area contributed by atoms with Gasteiger partial charge in [-0.2, -0.15) is 0 Å². The maximum atomic E-state index is 13.8. The maximum absolute atomic E-state index is 13.8. The first-order valence-electron chi connectivity index (χ1n) is 5.52. The van der Waals surface area contributed by atoms with Gasteiger partial charge in [-0.25, -0.2) is 4.39 Å². The normalized spacial score (nSPS) is 12.6. The van der Waals surface area contributed by atoms with Crippen LogP contribution in [0.5, 0.6) is 0 Å². The van der Waals surface area contributed by atoms with Crippen LogP contribution in [0.2, 0.25) is 0 Å². The Bertz CT molecular complexity index is 504. The van der Waals surface area contributed by atoms with Crippen molar-refractivity contribution in [3.05, 3.63) is 56.4 Å². The minimum atomic E-state index is -0.389. The van der Waals surface area contributed by atoms with Gasteiger partial charge in [-0.15, -0.1) is 11.3 Å². The summed E-state index contributed by atoms with van der Waals surface area (Å²) in [5.41, 5.74) is 0.484. The van der Waals surface area contributed by atoms with Crippen molar-refractivity contribution in [2.24, 2.45) is 0 Å². The number of benzene rings is 1. The zero-order chi connectivity index (χ0) is 13.0. The number of hydrogen-bond acceptors (Lipinski definition) is 3. The first-order valence-corrected chi connectivity index (χ1v) is 7.19. The standard InChI is InChI=1S/C13H13BrFNOS/c14-9-3-4-11(12(15)6-9)13(8-17)16-7-10-2-1-5-18-10/h1-6,13,16-17H,7-8H2. The summed E-state index contributed by atoms with van der Waals surface area (Å²) < 4.78 is 14.5. The predicted molar refractivity (Wildman–Crippen MR) is 75.1 cm³/mol. The van der Waals surface area contributed by atoms with E-state index < -0.39 is 0 Å². The van der Waals surface area contributed by atoms with Gasteiger partial charge in [0.15, 0.2) is 0 Å². The van der Waals surface area contributed by atoms with Gasteiger partial charge in [0.2, 0.25) is 0 Å². The molecule has 1 aromatic heterocycles. The Hall–Kier alpha value is -0.750. The zero-order valence-corrected chi connectivity index (χ0v) is 12.0. The summed E-state index contributed by atoms with van der Waals surface area (Å²) in [6.07, 6.45) is 0. The van der Waals surface area contributed by atoms with Crippen LogP contribution in [0.3, 0.4) is 0 Å². The molecule has 2 N–H and O–H groups in total. The van der Waals surface area contributed by atoms with E-state index in [0.717, 1.165) is 4.88 Å². The summed E-state index contributed by atoms with van der Waals surface area (Å²) in [4.78, 5) is 1.16. The van der Waals surface area contributed by atoms with Gasteiger partial charge < -0.3 is 10.4 Å². The Morgan fingerprint density at radius 1 is 1.39 bits per heavy atom. The number of halogens is 2. The molecule has 96 valence electrons. The van der Waals surface area contributed by atoms with E-state index in [4.69, 9.17) is 0 Å². The maximum Gasteiger partial charge on any atom is 0.129 e. The van der Waals surface area contributed by atoms with Gasteiger partial charge in [-0.3, -0.25) is 0 Å². The SMILES string of the molecule is OCC(NCc1cccs1)c1ccc(Br)cc1F. The van der Waals surface area contributed by atoms with E-state index in [2.05, 4.69) is 21.2 Å². The number of aliphatic hydroxyl groups is 1. The average Bonchev–Trinajstić information content (AvgIpc) is 2.85. The van der Waals surface area contributed by atoms with E-state index in [9.17, 15) is 9.50 Å². The molecule has 1 aromatic carbocycles. The zero-order valence-electron chi connectivity index (χ0n) is 9.57. The second kappa shape index (κ2) is 6.43. The molecule has 0 fully saturated rings. The highest BCUT2D eigenvalue weighted by Crippen LogP contribution is 2.21. The highest BCUT2D eigenvalue weighted by atomic mass is 79.9. The number of hydrogen-bond donors (Lipinski definition) is 2. The molecule has 0 saturated carbocycles. The molecule has 1 heterocycles. The van der Waals surface area contributed by atoms with Crippen molar-refractivity contribution in [1.29, 1.82) is 0 Å². The minimum Gasteiger partial charge on any atom is -0.394 e. The van der Waals surface area contributed by atoms with Crippen LogP contribution >= 0.6 is 27.3 Å². The highest BCUT2D eigenvalue weighted by molar-refractivity contribution is 9.10. The van der Waals surface area contributed by atoms with Crippen LogP contribution in [-0.4, -0.2) is 11.7 Å². The Morgan fingerprint density at radius 2 is 2.22 bits per heavy atom. The van der Waals surface area contributed by atoms with Crippen LogP contribution in [0.15, 0.2) is 40.2 Å². The fourth-order valence-electron chi connectivity index (χ4n) is 1.69. The van der Waals surface area contributed by atoms with Crippen molar-refractivity contribution in [3.63, 3.8) is 0 Å². The van der Waals surface area contributed by atoms with Crippen molar-refractivity contribution in [1.82, 2.24) is 5.32 Å². The summed E-state index contributed by atoms with van der Waals surface area (Å²) in [5, 5.41) is 14.5. The molecule has 0 aliphatic carbocycles. The highest BCUT2D eigenvalue weighted by Gasteiger charge is 2.14. The molecule has 5 heteroatoms.